The summed E-state index contributed by atoms with van der Waals surface area (Å²) in [5.41, 5.74) is 0. The standard InChI is InChI=1S/C77H136O6/c1-4-7-10-13-16-18-20-22-24-26-28-30-32-33-34-35-36-37-38-39-40-41-42-43-45-46-48-50-52-54-56-58-61-64-67-70-76(79)82-73-74(72-81-75(78)69-66-63-60-15-12-9-6-3)83-77(80)71-68-65-62-59-57-55-53-51-49-47-44-31-29-27-25-23-21-19-17-14-11-8-5-2/h7,10,16,18,22,24,28,30,33-34,36-37,39-40,74H,4-6,8-9,11-15,17,19-21,23,25-27,29,31-32,35,38,41-73H2,1-3H3/b10-7-,18-16-,24-22-,30-28-,34-33-,37-36-,40-39-. The highest BCUT2D eigenvalue weighted by molar-refractivity contribution is 5.71. The molecular weight excluding hydrogens is 1020 g/mol. The SMILES string of the molecule is CC/C=C\C/C=C\C/C=C\C/C=C\C/C=C\C/C=C\C/C=C\CCCCCCCCCCCCCCCC(=O)OCC(COC(=O)CCCCCCCCC)OC(=O)CCCCCCCCCCCCCCCCCCCCCCCCC. The molecule has 1 unspecified atom stereocenters. The van der Waals surface area contributed by atoms with Gasteiger partial charge in [0.2, 0.25) is 0 Å². The average molecular weight is 1160 g/mol. The molecule has 0 spiro atoms. The molecule has 0 radical (unpaired) electrons. The molecule has 6 nitrogen and oxygen atoms in total. The summed E-state index contributed by atoms with van der Waals surface area (Å²) in [6.45, 7) is 6.54. The molecule has 0 rings (SSSR count). The molecule has 0 saturated carbocycles. The Bertz CT molecular complexity index is 1570. The van der Waals surface area contributed by atoms with Crippen molar-refractivity contribution in [2.75, 3.05) is 13.2 Å². The van der Waals surface area contributed by atoms with Crippen molar-refractivity contribution >= 4 is 17.9 Å². The lowest BCUT2D eigenvalue weighted by Gasteiger charge is -2.18. The van der Waals surface area contributed by atoms with Gasteiger partial charge in [-0.25, -0.2) is 0 Å². The smallest absolute Gasteiger partial charge is 0.306 e. The Hall–Kier alpha value is -3.41. The minimum Gasteiger partial charge on any atom is -0.462 e. The summed E-state index contributed by atoms with van der Waals surface area (Å²) >= 11 is 0. The van der Waals surface area contributed by atoms with Crippen molar-refractivity contribution in [1.82, 2.24) is 0 Å². The second-order valence-corrected chi connectivity index (χ2v) is 24.1. The van der Waals surface area contributed by atoms with Gasteiger partial charge in [-0.3, -0.25) is 14.4 Å². The fourth-order valence-electron chi connectivity index (χ4n) is 10.5. The Morgan fingerprint density at radius 1 is 0.253 bits per heavy atom. The third kappa shape index (κ3) is 69.3. The maximum Gasteiger partial charge on any atom is 0.306 e. The van der Waals surface area contributed by atoms with Gasteiger partial charge in [0, 0.05) is 19.3 Å². The minimum absolute atomic E-state index is 0.0706. The van der Waals surface area contributed by atoms with Crippen molar-refractivity contribution in [1.29, 1.82) is 0 Å². The minimum atomic E-state index is -0.771. The Labute approximate surface area is 515 Å². The van der Waals surface area contributed by atoms with Gasteiger partial charge in [-0.2, -0.15) is 0 Å². The van der Waals surface area contributed by atoms with E-state index in [9.17, 15) is 14.4 Å². The third-order valence-electron chi connectivity index (χ3n) is 15.9. The summed E-state index contributed by atoms with van der Waals surface area (Å²) in [4.78, 5) is 38.2. The van der Waals surface area contributed by atoms with Crippen LogP contribution in [0.2, 0.25) is 0 Å². The van der Waals surface area contributed by atoms with E-state index in [1.54, 1.807) is 0 Å². The number of rotatable bonds is 66. The van der Waals surface area contributed by atoms with Crippen molar-refractivity contribution in [3.63, 3.8) is 0 Å². The molecular formula is C77H136O6. The summed E-state index contributed by atoms with van der Waals surface area (Å²) in [6, 6.07) is 0. The second kappa shape index (κ2) is 71.1. The Kier molecular flexibility index (Phi) is 68.2. The molecule has 0 aromatic carbocycles. The summed E-state index contributed by atoms with van der Waals surface area (Å²) in [5, 5.41) is 0. The lowest BCUT2D eigenvalue weighted by atomic mass is 10.0. The first-order chi connectivity index (χ1) is 41.0. The molecule has 0 aliphatic carbocycles. The molecule has 0 fully saturated rings. The van der Waals surface area contributed by atoms with Crippen LogP contribution in [-0.2, 0) is 28.6 Å². The first-order valence-corrected chi connectivity index (χ1v) is 36.1. The van der Waals surface area contributed by atoms with Crippen LogP contribution in [0.5, 0.6) is 0 Å². The van der Waals surface area contributed by atoms with Gasteiger partial charge in [0.25, 0.3) is 0 Å². The van der Waals surface area contributed by atoms with Crippen molar-refractivity contribution in [2.45, 2.75) is 374 Å². The second-order valence-electron chi connectivity index (χ2n) is 24.1. The zero-order chi connectivity index (χ0) is 59.9. The summed E-state index contributed by atoms with van der Waals surface area (Å²) in [5.74, 6) is -0.858. The molecule has 480 valence electrons. The number of allylic oxidation sites excluding steroid dienone is 14. The Balaban J connectivity index is 4.03. The summed E-state index contributed by atoms with van der Waals surface area (Å²) < 4.78 is 16.9. The monoisotopic (exact) mass is 1160 g/mol. The molecule has 0 aliphatic rings. The number of unbranched alkanes of at least 4 members (excludes halogenated alkanes) is 41. The topological polar surface area (TPSA) is 78.9 Å². The highest BCUT2D eigenvalue weighted by Gasteiger charge is 2.19. The predicted molar refractivity (Wildman–Crippen MR) is 362 cm³/mol. The van der Waals surface area contributed by atoms with Gasteiger partial charge in [-0.1, -0.05) is 356 Å². The molecule has 0 aliphatic heterocycles. The van der Waals surface area contributed by atoms with Gasteiger partial charge >= 0.3 is 17.9 Å². The molecule has 83 heavy (non-hydrogen) atoms. The lowest BCUT2D eigenvalue weighted by molar-refractivity contribution is -0.167. The number of carbonyl (C=O) groups excluding carboxylic acids is 3. The van der Waals surface area contributed by atoms with Gasteiger partial charge in [-0.15, -0.1) is 0 Å². The first kappa shape index (κ1) is 79.6. The van der Waals surface area contributed by atoms with Crippen LogP contribution in [0.4, 0.5) is 0 Å². The lowest BCUT2D eigenvalue weighted by Crippen LogP contribution is -2.30. The van der Waals surface area contributed by atoms with Gasteiger partial charge in [0.05, 0.1) is 0 Å². The Morgan fingerprint density at radius 3 is 0.735 bits per heavy atom. The normalized spacial score (nSPS) is 12.6. The number of hydrogen-bond acceptors (Lipinski definition) is 6. The number of esters is 3. The van der Waals surface area contributed by atoms with E-state index >= 15 is 0 Å². The highest BCUT2D eigenvalue weighted by Crippen LogP contribution is 2.18. The van der Waals surface area contributed by atoms with E-state index in [0.29, 0.717) is 19.3 Å². The van der Waals surface area contributed by atoms with Crippen LogP contribution in [0.25, 0.3) is 0 Å². The van der Waals surface area contributed by atoms with Crippen LogP contribution >= 0.6 is 0 Å². The quantitative estimate of drug-likeness (QED) is 0.0261. The van der Waals surface area contributed by atoms with Crippen molar-refractivity contribution in [3.05, 3.63) is 85.1 Å². The van der Waals surface area contributed by atoms with E-state index in [-0.39, 0.29) is 31.1 Å². The van der Waals surface area contributed by atoms with Crippen LogP contribution in [0.15, 0.2) is 85.1 Å². The Morgan fingerprint density at radius 2 is 0.470 bits per heavy atom. The van der Waals surface area contributed by atoms with Crippen molar-refractivity contribution in [3.8, 4) is 0 Å². The summed E-state index contributed by atoms with van der Waals surface area (Å²) in [7, 11) is 0. The molecule has 0 aromatic rings. The van der Waals surface area contributed by atoms with E-state index in [0.717, 1.165) is 103 Å². The third-order valence-corrected chi connectivity index (χ3v) is 15.9. The fourth-order valence-corrected chi connectivity index (χ4v) is 10.5. The molecule has 6 heteroatoms. The average Bonchev–Trinajstić information content (AvgIpc) is 3.49. The molecule has 0 N–H and O–H groups in total. The van der Waals surface area contributed by atoms with Gasteiger partial charge in [0.1, 0.15) is 13.2 Å². The van der Waals surface area contributed by atoms with E-state index < -0.39 is 6.10 Å². The summed E-state index contributed by atoms with van der Waals surface area (Å²) in [6.07, 6.45) is 95.1. The number of carbonyl (C=O) groups is 3. The van der Waals surface area contributed by atoms with E-state index in [1.807, 2.05) is 0 Å². The highest BCUT2D eigenvalue weighted by atomic mass is 16.6. The van der Waals surface area contributed by atoms with Crippen LogP contribution in [0.3, 0.4) is 0 Å². The van der Waals surface area contributed by atoms with Crippen molar-refractivity contribution in [2.24, 2.45) is 0 Å². The first-order valence-electron chi connectivity index (χ1n) is 36.1. The van der Waals surface area contributed by atoms with E-state index in [4.69, 9.17) is 14.2 Å². The maximum absolute atomic E-state index is 12.9. The van der Waals surface area contributed by atoms with Crippen LogP contribution in [0, 0.1) is 0 Å². The van der Waals surface area contributed by atoms with Crippen LogP contribution in [-0.4, -0.2) is 37.2 Å². The van der Waals surface area contributed by atoms with E-state index in [1.165, 1.54) is 225 Å². The molecule has 0 bridgehead atoms. The number of hydrogen-bond donors (Lipinski definition) is 0. The molecule has 0 saturated heterocycles. The van der Waals surface area contributed by atoms with Gasteiger partial charge in [0.15, 0.2) is 6.10 Å². The van der Waals surface area contributed by atoms with Crippen LogP contribution in [0.1, 0.15) is 367 Å². The maximum atomic E-state index is 12.9. The van der Waals surface area contributed by atoms with E-state index in [2.05, 4.69) is 106 Å². The zero-order valence-electron chi connectivity index (χ0n) is 55.2. The molecule has 0 aromatic heterocycles. The largest absolute Gasteiger partial charge is 0.462 e. The number of ether oxygens (including phenoxy) is 3. The zero-order valence-corrected chi connectivity index (χ0v) is 55.2. The molecule has 1 atom stereocenters. The predicted octanol–water partition coefficient (Wildman–Crippen LogP) is 25.0. The van der Waals surface area contributed by atoms with Crippen molar-refractivity contribution < 1.29 is 28.6 Å². The van der Waals surface area contributed by atoms with Gasteiger partial charge < -0.3 is 14.2 Å². The molecule has 0 heterocycles. The van der Waals surface area contributed by atoms with Gasteiger partial charge in [-0.05, 0) is 77.0 Å². The van der Waals surface area contributed by atoms with Crippen LogP contribution < -0.4 is 0 Å². The molecule has 0 amide bonds. The fraction of sp³-hybridized carbons (Fsp3) is 0.779.